The van der Waals surface area contributed by atoms with E-state index in [0.717, 1.165) is 16.5 Å². The first-order chi connectivity index (χ1) is 15.0. The van der Waals surface area contributed by atoms with Gasteiger partial charge in [0.1, 0.15) is 11.5 Å². The molecule has 1 unspecified atom stereocenters. The molecule has 0 aliphatic rings. The van der Waals surface area contributed by atoms with Crippen molar-refractivity contribution in [1.29, 1.82) is 0 Å². The second-order valence-corrected chi connectivity index (χ2v) is 7.95. The zero-order valence-corrected chi connectivity index (χ0v) is 17.8. The van der Waals surface area contributed by atoms with Crippen molar-refractivity contribution in [2.24, 2.45) is 5.73 Å². The molecule has 1 aromatic heterocycles. The van der Waals surface area contributed by atoms with Crippen LogP contribution in [-0.2, 0) is 4.79 Å². The van der Waals surface area contributed by atoms with Gasteiger partial charge < -0.3 is 11.1 Å². The maximum absolute atomic E-state index is 13.7. The molecule has 4 rings (SSSR count). The average molecular weight is 457 g/mol. The zero-order chi connectivity index (χ0) is 22.0. The van der Waals surface area contributed by atoms with Crippen molar-refractivity contribution in [2.45, 2.75) is 12.3 Å². The Kier molecular flexibility index (Phi) is 6.23. The third-order valence-corrected chi connectivity index (χ3v) is 5.79. The molecular formula is C23H19Cl2FN4O. The first-order valence-electron chi connectivity index (χ1n) is 9.66. The van der Waals surface area contributed by atoms with Gasteiger partial charge in [-0.15, -0.1) is 0 Å². The summed E-state index contributed by atoms with van der Waals surface area (Å²) in [7, 11) is 0. The lowest BCUT2D eigenvalue weighted by Gasteiger charge is -2.17. The molecule has 158 valence electrons. The van der Waals surface area contributed by atoms with Crippen LogP contribution in [0.25, 0.3) is 22.2 Å². The van der Waals surface area contributed by atoms with Crippen molar-refractivity contribution < 1.29 is 9.18 Å². The van der Waals surface area contributed by atoms with E-state index in [1.165, 1.54) is 12.1 Å². The minimum atomic E-state index is -0.484. The van der Waals surface area contributed by atoms with E-state index < -0.39 is 5.92 Å². The average Bonchev–Trinajstić information content (AvgIpc) is 3.17. The number of aromatic amines is 1. The Hall–Kier alpha value is -2.93. The third kappa shape index (κ3) is 4.56. The van der Waals surface area contributed by atoms with Gasteiger partial charge in [-0.3, -0.25) is 9.89 Å². The predicted octanol–water partition coefficient (Wildman–Crippen LogP) is 5.75. The number of carbonyl (C=O) groups is 1. The number of hydrogen-bond donors (Lipinski definition) is 3. The summed E-state index contributed by atoms with van der Waals surface area (Å²) in [6, 6.07) is 16.7. The van der Waals surface area contributed by atoms with Crippen LogP contribution in [0.5, 0.6) is 0 Å². The van der Waals surface area contributed by atoms with Gasteiger partial charge in [-0.1, -0.05) is 41.4 Å². The number of amides is 1. The van der Waals surface area contributed by atoms with Gasteiger partial charge in [0.05, 0.1) is 21.5 Å². The van der Waals surface area contributed by atoms with Crippen molar-refractivity contribution in [3.8, 4) is 11.3 Å². The van der Waals surface area contributed by atoms with Crippen LogP contribution < -0.4 is 11.1 Å². The van der Waals surface area contributed by atoms with Gasteiger partial charge in [0.25, 0.3) is 0 Å². The molecule has 0 aliphatic heterocycles. The Balaban J connectivity index is 1.64. The van der Waals surface area contributed by atoms with E-state index in [4.69, 9.17) is 28.9 Å². The molecule has 0 radical (unpaired) electrons. The maximum Gasteiger partial charge on any atom is 0.231 e. The highest BCUT2D eigenvalue weighted by Gasteiger charge is 2.21. The van der Waals surface area contributed by atoms with E-state index >= 15 is 0 Å². The summed E-state index contributed by atoms with van der Waals surface area (Å²) >= 11 is 12.1. The molecule has 0 saturated carbocycles. The monoisotopic (exact) mass is 456 g/mol. The van der Waals surface area contributed by atoms with Crippen LogP contribution in [0.4, 0.5) is 10.1 Å². The molecule has 31 heavy (non-hydrogen) atoms. The van der Waals surface area contributed by atoms with Crippen molar-refractivity contribution in [3.63, 3.8) is 0 Å². The lowest BCUT2D eigenvalue weighted by molar-refractivity contribution is -0.117. The van der Waals surface area contributed by atoms with E-state index in [2.05, 4.69) is 15.5 Å². The molecule has 0 bridgehead atoms. The number of halogens is 3. The first-order valence-corrected chi connectivity index (χ1v) is 10.4. The summed E-state index contributed by atoms with van der Waals surface area (Å²) in [6.07, 6.45) is 0.451. The normalized spacial score (nSPS) is 12.1. The molecule has 1 heterocycles. The maximum atomic E-state index is 13.7. The van der Waals surface area contributed by atoms with Gasteiger partial charge in [-0.2, -0.15) is 5.10 Å². The number of carbonyl (C=O) groups excluding carboxylic acids is 1. The van der Waals surface area contributed by atoms with E-state index in [9.17, 15) is 9.18 Å². The summed E-state index contributed by atoms with van der Waals surface area (Å²) in [5.41, 5.74) is 9.10. The van der Waals surface area contributed by atoms with Gasteiger partial charge >= 0.3 is 0 Å². The number of aromatic nitrogens is 2. The Bertz CT molecular complexity index is 1260. The number of fused-ring (bicyclic) bond motifs is 1. The second-order valence-electron chi connectivity index (χ2n) is 7.14. The molecule has 1 amide bonds. The number of nitrogens with one attached hydrogen (secondary N) is 2. The third-order valence-electron chi connectivity index (χ3n) is 5.05. The van der Waals surface area contributed by atoms with Crippen LogP contribution in [0.3, 0.4) is 0 Å². The van der Waals surface area contributed by atoms with Crippen LogP contribution in [0.15, 0.2) is 60.7 Å². The number of nitrogens with two attached hydrogens (primary N) is 1. The number of rotatable bonds is 6. The lowest BCUT2D eigenvalue weighted by atomic mass is 9.94. The fourth-order valence-corrected chi connectivity index (χ4v) is 3.83. The molecular weight excluding hydrogens is 438 g/mol. The highest BCUT2D eigenvalue weighted by molar-refractivity contribution is 6.42. The van der Waals surface area contributed by atoms with Crippen LogP contribution in [0.1, 0.15) is 17.9 Å². The minimum absolute atomic E-state index is 0.209. The van der Waals surface area contributed by atoms with Gasteiger partial charge in [-0.05, 0) is 61.0 Å². The standard InChI is InChI=1S/C23H19Cl2FN4O/c24-19-6-4-13(11-20(19)25)17(8-9-27)23(31)28-16-5-7-21-18(12-16)22(30-29-21)14-2-1-3-15(26)10-14/h1-7,10-12,17H,8-9,27H2,(H,28,31)(H,29,30). The molecule has 0 fully saturated rings. The number of anilines is 1. The summed E-state index contributed by atoms with van der Waals surface area (Å²) in [6.45, 7) is 0.336. The number of hydrogen-bond acceptors (Lipinski definition) is 3. The molecule has 0 spiro atoms. The highest BCUT2D eigenvalue weighted by atomic mass is 35.5. The summed E-state index contributed by atoms with van der Waals surface area (Å²) in [5.74, 6) is -1.04. The number of nitrogens with zero attached hydrogens (tertiary/aromatic N) is 1. The SMILES string of the molecule is NCCC(C(=O)Nc1ccc2[nH]nc(-c3cccc(F)c3)c2c1)c1ccc(Cl)c(Cl)c1. The van der Waals surface area contributed by atoms with Gasteiger partial charge in [0, 0.05) is 16.6 Å². The van der Waals surface area contributed by atoms with E-state index in [1.54, 1.807) is 36.4 Å². The quantitative estimate of drug-likeness (QED) is 0.345. The molecule has 0 saturated heterocycles. The van der Waals surface area contributed by atoms with Crippen molar-refractivity contribution in [1.82, 2.24) is 10.2 Å². The molecule has 5 nitrogen and oxygen atoms in total. The molecule has 0 aliphatic carbocycles. The molecule has 1 atom stereocenters. The van der Waals surface area contributed by atoms with Crippen molar-refractivity contribution in [3.05, 3.63) is 82.1 Å². The largest absolute Gasteiger partial charge is 0.330 e. The highest BCUT2D eigenvalue weighted by Crippen LogP contribution is 2.31. The Morgan fingerprint density at radius 3 is 2.68 bits per heavy atom. The predicted molar refractivity (Wildman–Crippen MR) is 123 cm³/mol. The molecule has 4 aromatic rings. The van der Waals surface area contributed by atoms with Gasteiger partial charge in [0.2, 0.25) is 5.91 Å². The number of benzene rings is 3. The molecule has 8 heteroatoms. The Morgan fingerprint density at radius 1 is 1.10 bits per heavy atom. The molecule has 3 aromatic carbocycles. The van der Waals surface area contributed by atoms with Crippen LogP contribution in [0.2, 0.25) is 10.0 Å². The lowest BCUT2D eigenvalue weighted by Crippen LogP contribution is -2.23. The van der Waals surface area contributed by atoms with Gasteiger partial charge in [-0.25, -0.2) is 4.39 Å². The Labute approximate surface area is 188 Å². The van der Waals surface area contributed by atoms with E-state index in [-0.39, 0.29) is 11.7 Å². The fraction of sp³-hybridized carbons (Fsp3) is 0.130. The van der Waals surface area contributed by atoms with Crippen LogP contribution in [0, 0.1) is 5.82 Å². The van der Waals surface area contributed by atoms with Crippen LogP contribution >= 0.6 is 23.2 Å². The summed E-state index contributed by atoms with van der Waals surface area (Å²) in [4.78, 5) is 13.1. The van der Waals surface area contributed by atoms with Crippen LogP contribution in [-0.4, -0.2) is 22.6 Å². The van der Waals surface area contributed by atoms with E-state index in [1.807, 2.05) is 12.1 Å². The summed E-state index contributed by atoms with van der Waals surface area (Å²) in [5, 5.41) is 11.8. The van der Waals surface area contributed by atoms with Crippen molar-refractivity contribution >= 4 is 45.7 Å². The fourth-order valence-electron chi connectivity index (χ4n) is 3.52. The van der Waals surface area contributed by atoms with E-state index in [0.29, 0.717) is 40.0 Å². The first kappa shape index (κ1) is 21.3. The zero-order valence-electron chi connectivity index (χ0n) is 16.3. The topological polar surface area (TPSA) is 83.8 Å². The van der Waals surface area contributed by atoms with Crippen molar-refractivity contribution in [2.75, 3.05) is 11.9 Å². The summed E-state index contributed by atoms with van der Waals surface area (Å²) < 4.78 is 13.7. The molecule has 4 N–H and O–H groups in total. The van der Waals surface area contributed by atoms with Gasteiger partial charge in [0.15, 0.2) is 0 Å². The minimum Gasteiger partial charge on any atom is -0.330 e. The number of H-pyrrole nitrogens is 1. The Morgan fingerprint density at radius 2 is 1.94 bits per heavy atom. The second kappa shape index (κ2) is 9.06. The smallest absolute Gasteiger partial charge is 0.231 e.